The van der Waals surface area contributed by atoms with Crippen molar-refractivity contribution >= 4 is 22.7 Å². The van der Waals surface area contributed by atoms with Gasteiger partial charge in [0.05, 0.1) is 6.61 Å². The zero-order valence-electron chi connectivity index (χ0n) is 11.1. The highest BCUT2D eigenvalue weighted by molar-refractivity contribution is 7.87. The van der Waals surface area contributed by atoms with Gasteiger partial charge in [0.25, 0.3) is 0 Å². The minimum absolute atomic E-state index is 0.193. The summed E-state index contributed by atoms with van der Waals surface area (Å²) in [5.41, 5.74) is 0. The van der Waals surface area contributed by atoms with Crippen LogP contribution in [0.4, 0.5) is 0 Å². The second-order valence-electron chi connectivity index (χ2n) is 4.45. The van der Waals surface area contributed by atoms with Crippen LogP contribution < -0.4 is 5.32 Å². The molecule has 18 heavy (non-hydrogen) atoms. The monoisotopic (exact) mass is 279 g/mol. The molecule has 0 rings (SSSR count). The molecule has 0 aliphatic carbocycles. The number of methoxy groups -OCH3 is 1. The second kappa shape index (κ2) is 8.20. The van der Waals surface area contributed by atoms with Gasteiger partial charge in [0.2, 0.25) is 5.91 Å². The highest BCUT2D eigenvalue weighted by Crippen LogP contribution is 2.10. The van der Waals surface area contributed by atoms with Crippen molar-refractivity contribution in [2.75, 3.05) is 19.5 Å². The van der Waals surface area contributed by atoms with E-state index in [9.17, 15) is 13.8 Å². The summed E-state index contributed by atoms with van der Waals surface area (Å²) in [6.07, 6.45) is 0. The van der Waals surface area contributed by atoms with E-state index in [0.29, 0.717) is 6.61 Å². The van der Waals surface area contributed by atoms with Gasteiger partial charge in [-0.2, -0.15) is 0 Å². The van der Waals surface area contributed by atoms with E-state index >= 15 is 0 Å². The average molecular weight is 279 g/mol. The molecule has 6 nitrogen and oxygen atoms in total. The molecule has 7 heteroatoms. The van der Waals surface area contributed by atoms with Gasteiger partial charge in [0, 0.05) is 24.0 Å². The molecule has 0 heterocycles. The standard InChI is InChI=1S/C11H21NO5S/c1-7(2)10(11(14)15)18(16)6-9(13)12-8(3)5-17-4/h7-8,10H,5-6H2,1-4H3,(H,12,13)(H,14,15). The quantitative estimate of drug-likeness (QED) is 0.652. The summed E-state index contributed by atoms with van der Waals surface area (Å²) in [5, 5.41) is 10.5. The van der Waals surface area contributed by atoms with Gasteiger partial charge in [0.1, 0.15) is 11.0 Å². The van der Waals surface area contributed by atoms with Crippen LogP contribution in [0.2, 0.25) is 0 Å². The maximum Gasteiger partial charge on any atom is 0.319 e. The summed E-state index contributed by atoms with van der Waals surface area (Å²) >= 11 is 0. The first-order valence-electron chi connectivity index (χ1n) is 5.67. The minimum Gasteiger partial charge on any atom is -0.480 e. The van der Waals surface area contributed by atoms with Gasteiger partial charge in [0.15, 0.2) is 0 Å². The zero-order valence-corrected chi connectivity index (χ0v) is 12.0. The van der Waals surface area contributed by atoms with Crippen LogP contribution in [0.25, 0.3) is 0 Å². The van der Waals surface area contributed by atoms with Crippen molar-refractivity contribution in [3.05, 3.63) is 0 Å². The molecule has 0 aromatic carbocycles. The number of carboxylic acids is 1. The predicted molar refractivity (Wildman–Crippen MR) is 68.8 cm³/mol. The summed E-state index contributed by atoms with van der Waals surface area (Å²) in [7, 11) is -0.207. The zero-order chi connectivity index (χ0) is 14.3. The fraction of sp³-hybridized carbons (Fsp3) is 0.818. The Kier molecular flexibility index (Phi) is 7.77. The Morgan fingerprint density at radius 1 is 1.33 bits per heavy atom. The molecule has 3 atom stereocenters. The molecule has 106 valence electrons. The third-order valence-corrected chi connectivity index (χ3v) is 4.09. The Balaban J connectivity index is 4.37. The van der Waals surface area contributed by atoms with Gasteiger partial charge >= 0.3 is 5.97 Å². The van der Waals surface area contributed by atoms with Gasteiger partial charge in [-0.1, -0.05) is 13.8 Å². The van der Waals surface area contributed by atoms with Crippen molar-refractivity contribution in [1.82, 2.24) is 5.32 Å². The Labute approximate surface area is 110 Å². The van der Waals surface area contributed by atoms with E-state index in [2.05, 4.69) is 5.32 Å². The lowest BCUT2D eigenvalue weighted by Crippen LogP contribution is -2.41. The number of aliphatic carboxylic acids is 1. The van der Waals surface area contributed by atoms with E-state index in [4.69, 9.17) is 9.84 Å². The fourth-order valence-corrected chi connectivity index (χ4v) is 2.88. The van der Waals surface area contributed by atoms with E-state index < -0.39 is 27.9 Å². The van der Waals surface area contributed by atoms with Crippen LogP contribution in [0, 0.1) is 5.92 Å². The number of amides is 1. The summed E-state index contributed by atoms with van der Waals surface area (Å²) in [5.74, 6) is -2.15. The Hall–Kier alpha value is -0.950. The molecule has 0 fully saturated rings. The number of carboxylic acid groups (broad SMARTS) is 1. The van der Waals surface area contributed by atoms with Crippen molar-refractivity contribution in [1.29, 1.82) is 0 Å². The number of carbonyl (C=O) groups excluding carboxylic acids is 1. The second-order valence-corrected chi connectivity index (χ2v) is 6.01. The van der Waals surface area contributed by atoms with Crippen LogP contribution in [0.15, 0.2) is 0 Å². The number of rotatable bonds is 8. The van der Waals surface area contributed by atoms with E-state index in [1.165, 1.54) is 7.11 Å². The average Bonchev–Trinajstić information content (AvgIpc) is 2.14. The molecule has 0 spiro atoms. The first kappa shape index (κ1) is 17.1. The van der Waals surface area contributed by atoms with E-state index in [1.807, 2.05) is 0 Å². The third kappa shape index (κ3) is 6.11. The van der Waals surface area contributed by atoms with Crippen LogP contribution in [0.1, 0.15) is 20.8 Å². The molecule has 0 aromatic heterocycles. The smallest absolute Gasteiger partial charge is 0.319 e. The van der Waals surface area contributed by atoms with Gasteiger partial charge in [-0.25, -0.2) is 0 Å². The Bertz CT molecular complexity index is 319. The lowest BCUT2D eigenvalue weighted by molar-refractivity contribution is -0.137. The number of hydrogen-bond donors (Lipinski definition) is 2. The minimum atomic E-state index is -1.72. The van der Waals surface area contributed by atoms with E-state index in [-0.39, 0.29) is 17.7 Å². The van der Waals surface area contributed by atoms with Crippen LogP contribution >= 0.6 is 0 Å². The Morgan fingerprint density at radius 2 is 1.89 bits per heavy atom. The normalized spacial score (nSPS) is 16.1. The molecule has 0 saturated heterocycles. The molecular formula is C11H21NO5S. The molecule has 0 bridgehead atoms. The maximum absolute atomic E-state index is 11.8. The SMILES string of the molecule is COCC(C)NC(=O)CS(=O)C(C(=O)O)C(C)C. The van der Waals surface area contributed by atoms with Gasteiger partial charge in [-0.3, -0.25) is 13.8 Å². The molecule has 3 unspecified atom stereocenters. The number of carbonyl (C=O) groups is 2. The molecule has 0 radical (unpaired) electrons. The first-order chi connectivity index (χ1) is 8.29. The van der Waals surface area contributed by atoms with Gasteiger partial charge in [-0.15, -0.1) is 0 Å². The highest BCUT2D eigenvalue weighted by Gasteiger charge is 2.29. The lowest BCUT2D eigenvalue weighted by Gasteiger charge is -2.17. The summed E-state index contributed by atoms with van der Waals surface area (Å²) < 4.78 is 16.7. The topological polar surface area (TPSA) is 92.7 Å². The lowest BCUT2D eigenvalue weighted by atomic mass is 10.1. The van der Waals surface area contributed by atoms with E-state index in [0.717, 1.165) is 0 Å². The molecule has 0 aliphatic rings. The Morgan fingerprint density at radius 3 is 2.28 bits per heavy atom. The third-order valence-electron chi connectivity index (χ3n) is 2.23. The van der Waals surface area contributed by atoms with Gasteiger partial charge in [-0.05, 0) is 12.8 Å². The van der Waals surface area contributed by atoms with Crippen LogP contribution in [-0.4, -0.2) is 52.0 Å². The van der Waals surface area contributed by atoms with E-state index in [1.54, 1.807) is 20.8 Å². The van der Waals surface area contributed by atoms with Gasteiger partial charge < -0.3 is 15.2 Å². The number of ether oxygens (including phenoxy) is 1. The largest absolute Gasteiger partial charge is 0.480 e. The number of hydrogen-bond acceptors (Lipinski definition) is 4. The highest BCUT2D eigenvalue weighted by atomic mass is 32.2. The molecule has 0 aliphatic heterocycles. The first-order valence-corrected chi connectivity index (χ1v) is 7.06. The molecular weight excluding hydrogens is 258 g/mol. The van der Waals surface area contributed by atoms with Crippen molar-refractivity contribution in [2.45, 2.75) is 32.1 Å². The summed E-state index contributed by atoms with van der Waals surface area (Å²) in [4.78, 5) is 22.5. The van der Waals surface area contributed by atoms with Crippen LogP contribution in [0.5, 0.6) is 0 Å². The molecule has 0 aromatic rings. The summed E-state index contributed by atoms with van der Waals surface area (Å²) in [6, 6.07) is -0.193. The predicted octanol–water partition coefficient (Wildman–Crippen LogP) is -0.00460. The number of nitrogens with one attached hydrogen (secondary N) is 1. The maximum atomic E-state index is 11.8. The van der Waals surface area contributed by atoms with Crippen molar-refractivity contribution < 1.29 is 23.6 Å². The van der Waals surface area contributed by atoms with Crippen LogP contribution in [-0.2, 0) is 25.1 Å². The fourth-order valence-electron chi connectivity index (χ4n) is 1.53. The summed E-state index contributed by atoms with van der Waals surface area (Å²) in [6.45, 7) is 5.44. The van der Waals surface area contributed by atoms with Crippen LogP contribution in [0.3, 0.4) is 0 Å². The molecule has 0 saturated carbocycles. The van der Waals surface area contributed by atoms with Crippen molar-refractivity contribution in [3.8, 4) is 0 Å². The molecule has 1 amide bonds. The van der Waals surface area contributed by atoms with Crippen molar-refractivity contribution in [2.24, 2.45) is 5.92 Å². The van der Waals surface area contributed by atoms with Crippen molar-refractivity contribution in [3.63, 3.8) is 0 Å². The molecule has 2 N–H and O–H groups in total.